The molecule has 80 valence electrons. The molecule has 0 saturated carbocycles. The zero-order valence-electron chi connectivity index (χ0n) is 8.16. The summed E-state index contributed by atoms with van der Waals surface area (Å²) in [7, 11) is 0. The lowest BCUT2D eigenvalue weighted by Gasteiger charge is -2.23. The lowest BCUT2D eigenvalue weighted by molar-refractivity contribution is 0.258. The maximum absolute atomic E-state index is 13.5. The summed E-state index contributed by atoms with van der Waals surface area (Å²) < 4.78 is 13.5. The third kappa shape index (κ3) is 1.54. The van der Waals surface area contributed by atoms with Gasteiger partial charge in [-0.15, -0.1) is 0 Å². The molecule has 15 heavy (non-hydrogen) atoms. The molecule has 4 atom stereocenters. The quantitative estimate of drug-likeness (QED) is 0.744. The number of alkyl halides is 1. The Labute approximate surface area is 92.8 Å². The fourth-order valence-corrected chi connectivity index (χ4v) is 2.91. The molecular formula is C11H12ClFN2. The first-order valence-electron chi connectivity index (χ1n) is 5.25. The van der Waals surface area contributed by atoms with E-state index in [1.807, 2.05) is 6.07 Å². The second-order valence-electron chi connectivity index (χ2n) is 4.40. The number of rotatable bonds is 1. The monoisotopic (exact) mass is 226 g/mol. The van der Waals surface area contributed by atoms with Crippen molar-refractivity contribution in [3.05, 3.63) is 29.0 Å². The average molecular weight is 227 g/mol. The maximum Gasteiger partial charge on any atom is 0.129 e. The summed E-state index contributed by atoms with van der Waals surface area (Å²) in [6, 6.07) is 4.06. The molecule has 2 saturated heterocycles. The second kappa shape index (κ2) is 3.42. The van der Waals surface area contributed by atoms with Crippen LogP contribution in [-0.4, -0.2) is 23.2 Å². The minimum Gasteiger partial charge on any atom is -0.308 e. The van der Waals surface area contributed by atoms with Gasteiger partial charge in [0.05, 0.1) is 0 Å². The van der Waals surface area contributed by atoms with Crippen molar-refractivity contribution in [3.8, 4) is 0 Å². The number of hydrogen-bond acceptors (Lipinski definition) is 2. The number of pyridine rings is 1. The highest BCUT2D eigenvalue weighted by atomic mass is 35.5. The predicted octanol–water partition coefficient (Wildman–Crippen LogP) is 2.29. The van der Waals surface area contributed by atoms with Gasteiger partial charge in [0.15, 0.2) is 0 Å². The van der Waals surface area contributed by atoms with E-state index in [9.17, 15) is 4.39 Å². The van der Waals surface area contributed by atoms with Gasteiger partial charge in [-0.1, -0.05) is 17.7 Å². The largest absolute Gasteiger partial charge is 0.308 e. The summed E-state index contributed by atoms with van der Waals surface area (Å²) in [6.45, 7) is 0. The molecule has 1 N–H and O–H groups in total. The zero-order valence-corrected chi connectivity index (χ0v) is 8.91. The van der Waals surface area contributed by atoms with E-state index in [0.29, 0.717) is 17.6 Å². The molecule has 0 aliphatic carbocycles. The average Bonchev–Trinajstić information content (AvgIpc) is 2.77. The van der Waals surface area contributed by atoms with Gasteiger partial charge in [-0.3, -0.25) is 0 Å². The zero-order chi connectivity index (χ0) is 10.4. The summed E-state index contributed by atoms with van der Waals surface area (Å²) >= 11 is 5.73. The van der Waals surface area contributed by atoms with Crippen LogP contribution in [0.2, 0.25) is 5.15 Å². The van der Waals surface area contributed by atoms with Gasteiger partial charge < -0.3 is 5.32 Å². The Morgan fingerprint density at radius 2 is 2.27 bits per heavy atom. The lowest BCUT2D eigenvalue weighted by Crippen LogP contribution is -2.29. The summed E-state index contributed by atoms with van der Waals surface area (Å²) in [5, 5.41) is 3.80. The van der Waals surface area contributed by atoms with E-state index in [4.69, 9.17) is 11.6 Å². The third-order valence-corrected chi connectivity index (χ3v) is 3.70. The van der Waals surface area contributed by atoms with Crippen LogP contribution in [0, 0.1) is 0 Å². The number of hydrogen-bond donors (Lipinski definition) is 1. The van der Waals surface area contributed by atoms with Gasteiger partial charge in [0.25, 0.3) is 0 Å². The third-order valence-electron chi connectivity index (χ3n) is 3.48. The van der Waals surface area contributed by atoms with Crippen LogP contribution < -0.4 is 5.32 Å². The van der Waals surface area contributed by atoms with E-state index in [-0.39, 0.29) is 12.0 Å². The SMILES string of the molecule is F[C@@H]1C[C@H]2C[C@H](c3ccc(Cl)nc3)[C@@H]1N2. The lowest BCUT2D eigenvalue weighted by atomic mass is 9.84. The predicted molar refractivity (Wildman–Crippen MR) is 56.8 cm³/mol. The van der Waals surface area contributed by atoms with Gasteiger partial charge in [-0.05, 0) is 24.5 Å². The van der Waals surface area contributed by atoms with E-state index in [1.54, 1.807) is 12.3 Å². The Bertz CT molecular complexity index is 367. The smallest absolute Gasteiger partial charge is 0.129 e. The van der Waals surface area contributed by atoms with Crippen LogP contribution in [-0.2, 0) is 0 Å². The van der Waals surface area contributed by atoms with E-state index in [2.05, 4.69) is 10.3 Å². The van der Waals surface area contributed by atoms with Crippen molar-refractivity contribution in [1.29, 1.82) is 0 Å². The minimum atomic E-state index is -0.704. The van der Waals surface area contributed by atoms with E-state index < -0.39 is 6.17 Å². The normalized spacial score (nSPS) is 38.5. The molecule has 1 aromatic rings. The number of halogens is 2. The molecule has 0 amide bonds. The van der Waals surface area contributed by atoms with E-state index in [0.717, 1.165) is 12.0 Å². The number of nitrogens with one attached hydrogen (secondary N) is 1. The van der Waals surface area contributed by atoms with Crippen LogP contribution in [0.15, 0.2) is 18.3 Å². The molecule has 3 rings (SSSR count). The molecule has 4 heteroatoms. The van der Waals surface area contributed by atoms with Crippen molar-refractivity contribution < 1.29 is 4.39 Å². The molecule has 2 fully saturated rings. The van der Waals surface area contributed by atoms with Crippen LogP contribution in [0.4, 0.5) is 4.39 Å². The highest BCUT2D eigenvalue weighted by Gasteiger charge is 2.46. The Morgan fingerprint density at radius 3 is 2.87 bits per heavy atom. The molecule has 0 spiro atoms. The highest BCUT2D eigenvalue weighted by molar-refractivity contribution is 6.29. The first-order valence-corrected chi connectivity index (χ1v) is 5.63. The molecule has 3 heterocycles. The van der Waals surface area contributed by atoms with Crippen LogP contribution in [0.1, 0.15) is 24.3 Å². The Kier molecular flexibility index (Phi) is 2.18. The second-order valence-corrected chi connectivity index (χ2v) is 4.78. The van der Waals surface area contributed by atoms with Crippen molar-refractivity contribution in [1.82, 2.24) is 10.3 Å². The number of nitrogens with zero attached hydrogens (tertiary/aromatic N) is 1. The molecule has 2 bridgehead atoms. The Morgan fingerprint density at radius 1 is 1.40 bits per heavy atom. The minimum absolute atomic E-state index is 0.0158. The van der Waals surface area contributed by atoms with Crippen molar-refractivity contribution >= 4 is 11.6 Å². The van der Waals surface area contributed by atoms with Gasteiger partial charge >= 0.3 is 0 Å². The topological polar surface area (TPSA) is 24.9 Å². The molecule has 0 unspecified atom stereocenters. The molecule has 0 radical (unpaired) electrons. The molecular weight excluding hydrogens is 215 g/mol. The fourth-order valence-electron chi connectivity index (χ4n) is 2.80. The van der Waals surface area contributed by atoms with Crippen molar-refractivity contribution in [3.63, 3.8) is 0 Å². The fraction of sp³-hybridized carbons (Fsp3) is 0.545. The summed E-state index contributed by atoms with van der Waals surface area (Å²) in [5.74, 6) is 0.267. The first-order chi connectivity index (χ1) is 7.24. The summed E-state index contributed by atoms with van der Waals surface area (Å²) in [5.41, 5.74) is 1.10. The van der Waals surface area contributed by atoms with E-state index in [1.165, 1.54) is 0 Å². The molecule has 2 nitrogen and oxygen atoms in total. The van der Waals surface area contributed by atoms with Gasteiger partial charge in [-0.25, -0.2) is 9.37 Å². The van der Waals surface area contributed by atoms with Crippen LogP contribution >= 0.6 is 11.6 Å². The van der Waals surface area contributed by atoms with Gasteiger partial charge in [0, 0.05) is 24.2 Å². The molecule has 0 aromatic carbocycles. The standard InChI is InChI=1S/C11H12ClFN2/c12-10-2-1-6(5-14-10)8-3-7-4-9(13)11(8)15-7/h1-2,5,7-9,11,15H,3-4H2/t7-,8-,9-,11+/m1/s1. The molecule has 1 aromatic heterocycles. The number of aromatic nitrogens is 1. The van der Waals surface area contributed by atoms with E-state index >= 15 is 0 Å². The Hall–Kier alpha value is -0.670. The van der Waals surface area contributed by atoms with Gasteiger partial charge in [0.1, 0.15) is 11.3 Å². The Balaban J connectivity index is 1.86. The van der Waals surface area contributed by atoms with Crippen LogP contribution in [0.25, 0.3) is 0 Å². The number of fused-ring (bicyclic) bond motifs is 2. The van der Waals surface area contributed by atoms with Crippen LogP contribution in [0.3, 0.4) is 0 Å². The van der Waals surface area contributed by atoms with Gasteiger partial charge in [-0.2, -0.15) is 0 Å². The summed E-state index contributed by atoms with van der Waals surface area (Å²) in [4.78, 5) is 4.05. The van der Waals surface area contributed by atoms with Crippen molar-refractivity contribution in [2.45, 2.75) is 37.0 Å². The van der Waals surface area contributed by atoms with Gasteiger partial charge in [0.2, 0.25) is 0 Å². The van der Waals surface area contributed by atoms with Crippen molar-refractivity contribution in [2.24, 2.45) is 0 Å². The molecule has 2 aliphatic heterocycles. The maximum atomic E-state index is 13.5. The first kappa shape index (κ1) is 9.55. The molecule has 2 aliphatic rings. The summed E-state index contributed by atoms with van der Waals surface area (Å²) in [6.07, 6.45) is 2.75. The van der Waals surface area contributed by atoms with Crippen molar-refractivity contribution in [2.75, 3.05) is 0 Å². The van der Waals surface area contributed by atoms with Crippen LogP contribution in [0.5, 0.6) is 0 Å². The highest BCUT2D eigenvalue weighted by Crippen LogP contribution is 2.41.